The average Bonchev–Trinajstić information content (AvgIpc) is 3.31. The molecule has 0 atom stereocenters. The summed E-state index contributed by atoms with van der Waals surface area (Å²) < 4.78 is 4.42. The zero-order valence-corrected chi connectivity index (χ0v) is 17.3. The standard InChI is InChI=1S/C22H29N7/c1-16-20(17(2)29(26-16)19-6-4-3-5-7-19)15-27-11-8-18(9-12-27)22-25-24-21-14-23-10-13-28(21)22/h3-7,18,23H,8-15H2,1-2H3. The smallest absolute Gasteiger partial charge is 0.147 e. The number of likely N-dealkylation sites (tertiary alicyclic amines) is 1. The number of rotatable bonds is 4. The molecule has 0 amide bonds. The quantitative estimate of drug-likeness (QED) is 0.741. The molecule has 2 aliphatic heterocycles. The molecule has 0 radical (unpaired) electrons. The molecule has 7 nitrogen and oxygen atoms in total. The van der Waals surface area contributed by atoms with Gasteiger partial charge in [0, 0.05) is 36.8 Å². The van der Waals surface area contributed by atoms with Gasteiger partial charge in [-0.25, -0.2) is 4.68 Å². The van der Waals surface area contributed by atoms with Gasteiger partial charge >= 0.3 is 0 Å². The second kappa shape index (κ2) is 7.72. The van der Waals surface area contributed by atoms with Crippen molar-refractivity contribution in [2.45, 2.75) is 52.2 Å². The van der Waals surface area contributed by atoms with Crippen LogP contribution in [0.2, 0.25) is 0 Å². The molecule has 152 valence electrons. The fourth-order valence-electron chi connectivity index (χ4n) is 4.71. The second-order valence-corrected chi connectivity index (χ2v) is 8.25. The van der Waals surface area contributed by atoms with Gasteiger partial charge in [0.15, 0.2) is 0 Å². The van der Waals surface area contributed by atoms with E-state index in [1.165, 1.54) is 17.1 Å². The molecule has 1 aromatic carbocycles. The van der Waals surface area contributed by atoms with Crippen molar-refractivity contribution >= 4 is 0 Å². The Morgan fingerprint density at radius 1 is 1.03 bits per heavy atom. The topological polar surface area (TPSA) is 63.8 Å². The van der Waals surface area contributed by atoms with Crippen LogP contribution >= 0.6 is 0 Å². The summed E-state index contributed by atoms with van der Waals surface area (Å²) in [5.41, 5.74) is 4.87. The van der Waals surface area contributed by atoms with E-state index in [1.807, 2.05) is 6.07 Å². The van der Waals surface area contributed by atoms with E-state index in [2.05, 4.69) is 67.8 Å². The first-order chi connectivity index (χ1) is 14.2. The first kappa shape index (κ1) is 18.5. The third-order valence-corrected chi connectivity index (χ3v) is 6.43. The van der Waals surface area contributed by atoms with Crippen LogP contribution in [0.4, 0.5) is 0 Å². The van der Waals surface area contributed by atoms with Gasteiger partial charge in [-0.1, -0.05) is 18.2 Å². The van der Waals surface area contributed by atoms with Crippen molar-refractivity contribution < 1.29 is 0 Å². The van der Waals surface area contributed by atoms with E-state index in [1.54, 1.807) is 0 Å². The van der Waals surface area contributed by atoms with E-state index in [-0.39, 0.29) is 0 Å². The van der Waals surface area contributed by atoms with Gasteiger partial charge < -0.3 is 9.88 Å². The Labute approximate surface area is 171 Å². The maximum Gasteiger partial charge on any atom is 0.147 e. The van der Waals surface area contributed by atoms with E-state index in [0.717, 1.165) is 69.3 Å². The molecule has 2 aromatic heterocycles. The molecule has 1 N–H and O–H groups in total. The zero-order valence-electron chi connectivity index (χ0n) is 17.3. The van der Waals surface area contributed by atoms with Crippen LogP contribution in [0.1, 0.15) is 47.4 Å². The molecule has 5 rings (SSSR count). The normalized spacial score (nSPS) is 18.1. The molecule has 4 heterocycles. The Bertz CT molecular complexity index is 980. The van der Waals surface area contributed by atoms with Crippen molar-refractivity contribution in [3.63, 3.8) is 0 Å². The molecule has 0 aliphatic carbocycles. The fraction of sp³-hybridized carbons (Fsp3) is 0.500. The lowest BCUT2D eigenvalue weighted by Gasteiger charge is -2.32. The Morgan fingerprint density at radius 3 is 2.62 bits per heavy atom. The lowest BCUT2D eigenvalue weighted by atomic mass is 9.95. The maximum atomic E-state index is 4.81. The molecule has 1 fully saturated rings. The molecular weight excluding hydrogens is 362 g/mol. The monoisotopic (exact) mass is 391 g/mol. The van der Waals surface area contributed by atoms with Gasteiger partial charge in [0.25, 0.3) is 0 Å². The molecule has 0 unspecified atom stereocenters. The van der Waals surface area contributed by atoms with Gasteiger partial charge in [-0.15, -0.1) is 10.2 Å². The predicted octanol–water partition coefficient (Wildman–Crippen LogP) is 2.56. The summed E-state index contributed by atoms with van der Waals surface area (Å²) in [7, 11) is 0. The van der Waals surface area contributed by atoms with Crippen molar-refractivity contribution in [2.24, 2.45) is 0 Å². The van der Waals surface area contributed by atoms with E-state index < -0.39 is 0 Å². The number of hydrogen-bond acceptors (Lipinski definition) is 5. The minimum atomic E-state index is 0.528. The van der Waals surface area contributed by atoms with Crippen LogP contribution in [0.5, 0.6) is 0 Å². The Hall–Kier alpha value is -2.51. The van der Waals surface area contributed by atoms with E-state index in [0.29, 0.717) is 5.92 Å². The average molecular weight is 392 g/mol. The fourth-order valence-corrected chi connectivity index (χ4v) is 4.71. The van der Waals surface area contributed by atoms with Crippen molar-refractivity contribution in [3.05, 3.63) is 58.9 Å². The van der Waals surface area contributed by atoms with E-state index >= 15 is 0 Å². The SMILES string of the molecule is Cc1nn(-c2ccccc2)c(C)c1CN1CCC(c2nnc3n2CCNC3)CC1. The lowest BCUT2D eigenvalue weighted by Crippen LogP contribution is -2.35. The van der Waals surface area contributed by atoms with Crippen LogP contribution in [0, 0.1) is 13.8 Å². The molecule has 3 aromatic rings. The summed E-state index contributed by atoms with van der Waals surface area (Å²) in [5.74, 6) is 2.82. The van der Waals surface area contributed by atoms with Gasteiger partial charge in [0.05, 0.1) is 17.9 Å². The number of aromatic nitrogens is 5. The molecular formula is C22H29N7. The Kier molecular flexibility index (Phi) is 4.93. The highest BCUT2D eigenvalue weighted by atomic mass is 15.3. The van der Waals surface area contributed by atoms with E-state index in [4.69, 9.17) is 5.10 Å². The third kappa shape index (κ3) is 3.49. The van der Waals surface area contributed by atoms with Crippen molar-refractivity contribution in [3.8, 4) is 5.69 Å². The molecule has 0 saturated carbocycles. The third-order valence-electron chi connectivity index (χ3n) is 6.43. The molecule has 1 saturated heterocycles. The minimum absolute atomic E-state index is 0.528. The lowest BCUT2D eigenvalue weighted by molar-refractivity contribution is 0.199. The number of benzene rings is 1. The number of hydrogen-bond donors (Lipinski definition) is 1. The van der Waals surface area contributed by atoms with Gasteiger partial charge in [-0.3, -0.25) is 4.90 Å². The molecule has 29 heavy (non-hydrogen) atoms. The van der Waals surface area contributed by atoms with Crippen LogP contribution < -0.4 is 5.32 Å². The molecule has 0 spiro atoms. The number of aryl methyl sites for hydroxylation is 1. The highest BCUT2D eigenvalue weighted by Gasteiger charge is 2.27. The Morgan fingerprint density at radius 2 is 1.83 bits per heavy atom. The first-order valence-electron chi connectivity index (χ1n) is 10.7. The summed E-state index contributed by atoms with van der Waals surface area (Å²) >= 11 is 0. The summed E-state index contributed by atoms with van der Waals surface area (Å²) in [6.45, 7) is 10.3. The van der Waals surface area contributed by atoms with Crippen molar-refractivity contribution in [1.29, 1.82) is 0 Å². The molecule has 2 aliphatic rings. The highest BCUT2D eigenvalue weighted by Crippen LogP contribution is 2.29. The summed E-state index contributed by atoms with van der Waals surface area (Å²) in [6.07, 6.45) is 2.30. The second-order valence-electron chi connectivity index (χ2n) is 8.25. The van der Waals surface area contributed by atoms with Gasteiger partial charge in [-0.2, -0.15) is 5.10 Å². The number of fused-ring (bicyclic) bond motifs is 1. The van der Waals surface area contributed by atoms with Crippen LogP contribution in [-0.2, 0) is 19.6 Å². The first-order valence-corrected chi connectivity index (χ1v) is 10.7. The molecule has 7 heteroatoms. The number of nitrogens with one attached hydrogen (secondary N) is 1. The number of piperidine rings is 1. The largest absolute Gasteiger partial charge is 0.312 e. The highest BCUT2D eigenvalue weighted by molar-refractivity contribution is 5.36. The van der Waals surface area contributed by atoms with Crippen molar-refractivity contribution in [1.82, 2.24) is 34.8 Å². The number of nitrogens with zero attached hydrogens (tertiary/aromatic N) is 6. The summed E-state index contributed by atoms with van der Waals surface area (Å²) in [5, 5.41) is 17.1. The summed E-state index contributed by atoms with van der Waals surface area (Å²) in [6, 6.07) is 10.4. The summed E-state index contributed by atoms with van der Waals surface area (Å²) in [4.78, 5) is 2.57. The van der Waals surface area contributed by atoms with Gasteiger partial charge in [0.2, 0.25) is 0 Å². The maximum absolute atomic E-state index is 4.81. The van der Waals surface area contributed by atoms with Crippen LogP contribution in [-0.4, -0.2) is 49.1 Å². The van der Waals surface area contributed by atoms with Gasteiger partial charge in [-0.05, 0) is 51.9 Å². The predicted molar refractivity (Wildman–Crippen MR) is 112 cm³/mol. The Balaban J connectivity index is 1.27. The minimum Gasteiger partial charge on any atom is -0.312 e. The van der Waals surface area contributed by atoms with E-state index in [9.17, 15) is 0 Å². The van der Waals surface area contributed by atoms with Crippen LogP contribution in [0.3, 0.4) is 0 Å². The van der Waals surface area contributed by atoms with Crippen LogP contribution in [0.25, 0.3) is 5.69 Å². The molecule has 0 bridgehead atoms. The number of para-hydroxylation sites is 1. The van der Waals surface area contributed by atoms with Crippen LogP contribution in [0.15, 0.2) is 30.3 Å². The van der Waals surface area contributed by atoms with Crippen molar-refractivity contribution in [2.75, 3.05) is 19.6 Å². The zero-order chi connectivity index (χ0) is 19.8. The van der Waals surface area contributed by atoms with Gasteiger partial charge in [0.1, 0.15) is 11.6 Å².